The number of benzene rings is 1. The van der Waals surface area contributed by atoms with Gasteiger partial charge in [0.1, 0.15) is 0 Å². The summed E-state index contributed by atoms with van der Waals surface area (Å²) in [7, 11) is 1.87. The number of rotatable bonds is 4. The van der Waals surface area contributed by atoms with Crippen LogP contribution < -0.4 is 4.90 Å². The molecular formula is C12H16N2O2. The van der Waals surface area contributed by atoms with Crippen molar-refractivity contribution >= 4 is 16.6 Å². The fourth-order valence-corrected chi connectivity index (χ4v) is 1.85. The summed E-state index contributed by atoms with van der Waals surface area (Å²) in [5.74, 6) is 0. The van der Waals surface area contributed by atoms with Crippen LogP contribution in [-0.4, -0.2) is 41.5 Å². The highest BCUT2D eigenvalue weighted by molar-refractivity contribution is 5.92. The SMILES string of the molecule is CN(c1c[nH]c2ccccc12)C(CO)CO. The number of aromatic amines is 1. The fourth-order valence-electron chi connectivity index (χ4n) is 1.85. The maximum Gasteiger partial charge on any atom is 0.0749 e. The summed E-state index contributed by atoms with van der Waals surface area (Å²) in [6.07, 6.45) is 1.89. The lowest BCUT2D eigenvalue weighted by atomic mass is 10.2. The van der Waals surface area contributed by atoms with Crippen LogP contribution in [0.25, 0.3) is 10.9 Å². The van der Waals surface area contributed by atoms with Crippen LogP contribution in [0.2, 0.25) is 0 Å². The summed E-state index contributed by atoms with van der Waals surface area (Å²) in [5.41, 5.74) is 2.04. The summed E-state index contributed by atoms with van der Waals surface area (Å²) >= 11 is 0. The topological polar surface area (TPSA) is 59.5 Å². The Labute approximate surface area is 94.1 Å². The molecule has 16 heavy (non-hydrogen) atoms. The zero-order valence-corrected chi connectivity index (χ0v) is 9.22. The van der Waals surface area contributed by atoms with Crippen LogP contribution in [0, 0.1) is 0 Å². The number of hydrogen-bond donors (Lipinski definition) is 3. The smallest absolute Gasteiger partial charge is 0.0749 e. The average Bonchev–Trinajstić information content (AvgIpc) is 2.74. The molecule has 1 aromatic heterocycles. The standard InChI is InChI=1S/C12H16N2O2/c1-14(9(7-15)8-16)12-6-13-11-5-3-2-4-10(11)12/h2-6,9,13,15-16H,7-8H2,1H3. The van der Waals surface area contributed by atoms with E-state index in [1.807, 2.05) is 42.4 Å². The molecule has 0 unspecified atom stereocenters. The first-order valence-corrected chi connectivity index (χ1v) is 5.28. The Morgan fingerprint density at radius 1 is 1.25 bits per heavy atom. The maximum atomic E-state index is 9.16. The van der Waals surface area contributed by atoms with E-state index in [0.717, 1.165) is 16.6 Å². The second kappa shape index (κ2) is 4.55. The molecule has 0 saturated heterocycles. The van der Waals surface area contributed by atoms with E-state index in [9.17, 15) is 0 Å². The molecule has 3 N–H and O–H groups in total. The van der Waals surface area contributed by atoms with Crippen molar-refractivity contribution in [2.45, 2.75) is 6.04 Å². The third-order valence-electron chi connectivity index (χ3n) is 2.92. The van der Waals surface area contributed by atoms with Gasteiger partial charge in [0.2, 0.25) is 0 Å². The number of para-hydroxylation sites is 1. The Bertz CT molecular complexity index is 463. The highest BCUT2D eigenvalue weighted by Gasteiger charge is 2.15. The number of nitrogens with one attached hydrogen (secondary N) is 1. The number of aliphatic hydroxyl groups is 2. The van der Waals surface area contributed by atoms with E-state index in [1.165, 1.54) is 0 Å². The lowest BCUT2D eigenvalue weighted by Crippen LogP contribution is -2.37. The van der Waals surface area contributed by atoms with Crippen molar-refractivity contribution < 1.29 is 10.2 Å². The second-order valence-electron chi connectivity index (χ2n) is 3.85. The van der Waals surface area contributed by atoms with E-state index in [2.05, 4.69) is 4.98 Å². The van der Waals surface area contributed by atoms with Gasteiger partial charge in [-0.3, -0.25) is 0 Å². The van der Waals surface area contributed by atoms with Gasteiger partial charge < -0.3 is 20.1 Å². The fraction of sp³-hybridized carbons (Fsp3) is 0.333. The molecule has 1 aromatic carbocycles. The van der Waals surface area contributed by atoms with Gasteiger partial charge in [-0.25, -0.2) is 0 Å². The Morgan fingerprint density at radius 2 is 1.94 bits per heavy atom. The predicted octanol–water partition coefficient (Wildman–Crippen LogP) is 0.957. The third-order valence-corrected chi connectivity index (χ3v) is 2.92. The molecule has 0 aliphatic carbocycles. The Balaban J connectivity index is 2.39. The number of aromatic nitrogens is 1. The van der Waals surface area contributed by atoms with Crippen LogP contribution >= 0.6 is 0 Å². The first kappa shape index (κ1) is 11.0. The minimum Gasteiger partial charge on any atom is -0.394 e. The minimum absolute atomic E-state index is 0.0630. The average molecular weight is 220 g/mol. The summed E-state index contributed by atoms with van der Waals surface area (Å²) in [4.78, 5) is 5.05. The molecule has 2 aromatic rings. The zero-order chi connectivity index (χ0) is 11.5. The van der Waals surface area contributed by atoms with Crippen LogP contribution in [0.1, 0.15) is 0 Å². The van der Waals surface area contributed by atoms with Crippen LogP contribution in [0.15, 0.2) is 30.5 Å². The van der Waals surface area contributed by atoms with Crippen molar-refractivity contribution in [3.8, 4) is 0 Å². The van der Waals surface area contributed by atoms with Crippen LogP contribution in [0.5, 0.6) is 0 Å². The molecule has 0 aliphatic rings. The number of nitrogens with zero attached hydrogens (tertiary/aromatic N) is 1. The van der Waals surface area contributed by atoms with Gasteiger partial charge >= 0.3 is 0 Å². The van der Waals surface area contributed by atoms with Crippen molar-refractivity contribution in [3.63, 3.8) is 0 Å². The lowest BCUT2D eigenvalue weighted by Gasteiger charge is -2.26. The molecule has 0 aliphatic heterocycles. The van der Waals surface area contributed by atoms with Crippen molar-refractivity contribution in [2.24, 2.45) is 0 Å². The normalized spacial score (nSPS) is 11.2. The van der Waals surface area contributed by atoms with Crippen LogP contribution in [-0.2, 0) is 0 Å². The Hall–Kier alpha value is -1.52. The van der Waals surface area contributed by atoms with Crippen LogP contribution in [0.3, 0.4) is 0 Å². The number of hydrogen-bond acceptors (Lipinski definition) is 3. The maximum absolute atomic E-state index is 9.16. The van der Waals surface area contributed by atoms with Crippen molar-refractivity contribution in [3.05, 3.63) is 30.5 Å². The van der Waals surface area contributed by atoms with Gasteiger partial charge in [-0.1, -0.05) is 18.2 Å². The lowest BCUT2D eigenvalue weighted by molar-refractivity contribution is 0.191. The highest BCUT2D eigenvalue weighted by atomic mass is 16.3. The third kappa shape index (κ3) is 1.77. The van der Waals surface area contributed by atoms with Gasteiger partial charge in [0.25, 0.3) is 0 Å². The molecule has 4 heteroatoms. The number of fused-ring (bicyclic) bond motifs is 1. The van der Waals surface area contributed by atoms with Gasteiger partial charge in [-0.05, 0) is 6.07 Å². The first-order chi connectivity index (χ1) is 7.77. The second-order valence-corrected chi connectivity index (χ2v) is 3.85. The molecule has 0 atom stereocenters. The largest absolute Gasteiger partial charge is 0.394 e. The van der Waals surface area contributed by atoms with Gasteiger partial charge in [0.05, 0.1) is 24.9 Å². The number of H-pyrrole nitrogens is 1. The van der Waals surface area contributed by atoms with Crippen molar-refractivity contribution in [1.82, 2.24) is 4.98 Å². The van der Waals surface area contributed by atoms with Crippen LogP contribution in [0.4, 0.5) is 5.69 Å². The summed E-state index contributed by atoms with van der Waals surface area (Å²) < 4.78 is 0. The Kier molecular flexibility index (Phi) is 3.12. The molecule has 0 bridgehead atoms. The van der Waals surface area contributed by atoms with E-state index >= 15 is 0 Å². The molecule has 1 heterocycles. The van der Waals surface area contributed by atoms with Gasteiger partial charge in [0.15, 0.2) is 0 Å². The summed E-state index contributed by atoms with van der Waals surface area (Å²) in [6.45, 7) is -0.126. The van der Waals surface area contributed by atoms with E-state index in [-0.39, 0.29) is 19.3 Å². The van der Waals surface area contributed by atoms with Gasteiger partial charge in [-0.15, -0.1) is 0 Å². The van der Waals surface area contributed by atoms with Crippen molar-refractivity contribution in [1.29, 1.82) is 0 Å². The molecule has 86 valence electrons. The zero-order valence-electron chi connectivity index (χ0n) is 9.22. The predicted molar refractivity (Wildman–Crippen MR) is 64.7 cm³/mol. The molecule has 4 nitrogen and oxygen atoms in total. The molecule has 0 spiro atoms. The minimum atomic E-state index is -0.265. The summed E-state index contributed by atoms with van der Waals surface area (Å²) in [5, 5.41) is 19.4. The van der Waals surface area contributed by atoms with E-state index < -0.39 is 0 Å². The molecule has 2 rings (SSSR count). The molecular weight excluding hydrogens is 204 g/mol. The number of anilines is 1. The quantitative estimate of drug-likeness (QED) is 0.719. The van der Waals surface area contributed by atoms with E-state index in [0.29, 0.717) is 0 Å². The monoisotopic (exact) mass is 220 g/mol. The van der Waals surface area contributed by atoms with Gasteiger partial charge in [-0.2, -0.15) is 0 Å². The molecule has 0 amide bonds. The van der Waals surface area contributed by atoms with Gasteiger partial charge in [0, 0.05) is 24.1 Å². The van der Waals surface area contributed by atoms with E-state index in [4.69, 9.17) is 10.2 Å². The Morgan fingerprint density at radius 3 is 2.62 bits per heavy atom. The summed E-state index contributed by atoms with van der Waals surface area (Å²) in [6, 6.07) is 7.70. The van der Waals surface area contributed by atoms with Crippen molar-refractivity contribution in [2.75, 3.05) is 25.2 Å². The number of aliphatic hydroxyl groups excluding tert-OH is 2. The molecule has 0 saturated carbocycles. The van der Waals surface area contributed by atoms with E-state index in [1.54, 1.807) is 0 Å². The molecule has 0 radical (unpaired) electrons. The molecule has 0 fully saturated rings. The highest BCUT2D eigenvalue weighted by Crippen LogP contribution is 2.26. The number of likely N-dealkylation sites (N-methyl/N-ethyl adjacent to an activating group) is 1. The first-order valence-electron chi connectivity index (χ1n) is 5.28.